The number of piperazine rings is 1. The van der Waals surface area contributed by atoms with Gasteiger partial charge in [0.05, 0.1) is 6.07 Å². The van der Waals surface area contributed by atoms with Crippen molar-refractivity contribution < 1.29 is 13.2 Å². The van der Waals surface area contributed by atoms with Gasteiger partial charge in [-0.15, -0.1) is 0 Å². The van der Waals surface area contributed by atoms with Crippen molar-refractivity contribution >= 4 is 0 Å². The highest BCUT2D eigenvalue weighted by Gasteiger charge is 2.42. The van der Waals surface area contributed by atoms with E-state index in [0.717, 1.165) is 12.8 Å². The molecule has 0 bridgehead atoms. The lowest BCUT2D eigenvalue weighted by Gasteiger charge is -2.40. The van der Waals surface area contributed by atoms with Crippen LogP contribution in [-0.2, 0) is 0 Å². The van der Waals surface area contributed by atoms with Gasteiger partial charge in [0.2, 0.25) is 0 Å². The summed E-state index contributed by atoms with van der Waals surface area (Å²) in [6.45, 7) is 5.04. The first-order chi connectivity index (χ1) is 8.42. The number of hydrogen-bond donors (Lipinski definition) is 1. The number of alkyl halides is 3. The molecule has 1 saturated heterocycles. The summed E-state index contributed by atoms with van der Waals surface area (Å²) in [6, 6.07) is 1.69. The predicted octanol–water partition coefficient (Wildman–Crippen LogP) is 2.15. The van der Waals surface area contributed by atoms with E-state index in [4.69, 9.17) is 5.26 Å². The third-order valence-corrected chi connectivity index (χ3v) is 3.55. The van der Waals surface area contributed by atoms with Gasteiger partial charge in [0.25, 0.3) is 0 Å². The molecule has 3 atom stereocenters. The van der Waals surface area contributed by atoms with Crippen molar-refractivity contribution in [1.82, 2.24) is 10.2 Å². The number of rotatable bonds is 4. The first kappa shape index (κ1) is 15.3. The molecule has 3 unspecified atom stereocenters. The minimum absolute atomic E-state index is 0.0889. The Kier molecular flexibility index (Phi) is 5.42. The van der Waals surface area contributed by atoms with E-state index in [0.29, 0.717) is 13.1 Å². The summed E-state index contributed by atoms with van der Waals surface area (Å²) in [4.78, 5) is 1.81. The Hall–Kier alpha value is -0.800. The summed E-state index contributed by atoms with van der Waals surface area (Å²) in [6.07, 6.45) is -2.75. The Balaban J connectivity index is 2.69. The Morgan fingerprint density at radius 1 is 1.39 bits per heavy atom. The number of halogens is 3. The SMILES string of the molecule is CCC1CN(CC(C#N)C(F)(F)F)C(CC)CN1. The molecule has 0 aliphatic carbocycles. The molecule has 0 aromatic rings. The van der Waals surface area contributed by atoms with E-state index in [1.54, 1.807) is 0 Å². The van der Waals surface area contributed by atoms with Gasteiger partial charge in [-0.3, -0.25) is 4.90 Å². The molecule has 0 aromatic carbocycles. The Morgan fingerprint density at radius 3 is 2.50 bits per heavy atom. The van der Waals surface area contributed by atoms with Gasteiger partial charge in [-0.1, -0.05) is 13.8 Å². The molecule has 0 aromatic heterocycles. The van der Waals surface area contributed by atoms with Gasteiger partial charge < -0.3 is 5.32 Å². The molecule has 0 amide bonds. The molecule has 1 heterocycles. The van der Waals surface area contributed by atoms with Crippen LogP contribution in [0.1, 0.15) is 26.7 Å². The molecule has 6 heteroatoms. The zero-order chi connectivity index (χ0) is 13.8. The van der Waals surface area contributed by atoms with Crippen molar-refractivity contribution in [3.05, 3.63) is 0 Å². The van der Waals surface area contributed by atoms with Crippen LogP contribution in [-0.4, -0.2) is 42.8 Å². The Morgan fingerprint density at radius 2 is 2.06 bits per heavy atom. The minimum Gasteiger partial charge on any atom is -0.311 e. The summed E-state index contributed by atoms with van der Waals surface area (Å²) in [5.41, 5.74) is 0. The smallest absolute Gasteiger partial charge is 0.311 e. The fourth-order valence-electron chi connectivity index (χ4n) is 2.28. The van der Waals surface area contributed by atoms with Crippen molar-refractivity contribution in [1.29, 1.82) is 5.26 Å². The van der Waals surface area contributed by atoms with Crippen LogP contribution in [0, 0.1) is 17.2 Å². The summed E-state index contributed by atoms with van der Waals surface area (Å²) in [5, 5.41) is 12.0. The van der Waals surface area contributed by atoms with Crippen molar-refractivity contribution in [3.63, 3.8) is 0 Å². The third-order valence-electron chi connectivity index (χ3n) is 3.55. The van der Waals surface area contributed by atoms with E-state index in [9.17, 15) is 13.2 Å². The summed E-state index contributed by atoms with van der Waals surface area (Å²) in [7, 11) is 0. The lowest BCUT2D eigenvalue weighted by Crippen LogP contribution is -2.57. The van der Waals surface area contributed by atoms with Gasteiger partial charge in [0.15, 0.2) is 5.92 Å². The van der Waals surface area contributed by atoms with Gasteiger partial charge in [0.1, 0.15) is 0 Å². The number of nitrogens with one attached hydrogen (secondary N) is 1. The second kappa shape index (κ2) is 6.39. The summed E-state index contributed by atoms with van der Waals surface area (Å²) >= 11 is 0. The molecule has 1 rings (SSSR count). The van der Waals surface area contributed by atoms with Crippen LogP contribution in [0.5, 0.6) is 0 Å². The van der Waals surface area contributed by atoms with E-state index >= 15 is 0 Å². The van der Waals surface area contributed by atoms with Crippen molar-refractivity contribution in [3.8, 4) is 6.07 Å². The Labute approximate surface area is 106 Å². The second-order valence-electron chi connectivity index (χ2n) is 4.75. The molecule has 18 heavy (non-hydrogen) atoms. The lowest BCUT2D eigenvalue weighted by molar-refractivity contribution is -0.165. The van der Waals surface area contributed by atoms with Crippen molar-refractivity contribution in [2.45, 2.75) is 44.9 Å². The zero-order valence-electron chi connectivity index (χ0n) is 10.8. The fraction of sp³-hybridized carbons (Fsp3) is 0.917. The maximum Gasteiger partial charge on any atom is 0.405 e. The van der Waals surface area contributed by atoms with Gasteiger partial charge in [-0.25, -0.2) is 0 Å². The largest absolute Gasteiger partial charge is 0.405 e. The van der Waals surface area contributed by atoms with Crippen LogP contribution < -0.4 is 5.32 Å². The molecule has 0 saturated carbocycles. The maximum absolute atomic E-state index is 12.6. The molecule has 0 spiro atoms. The molecular formula is C12H20F3N3. The first-order valence-corrected chi connectivity index (χ1v) is 6.36. The normalized spacial score (nSPS) is 27.8. The van der Waals surface area contributed by atoms with Crippen LogP contribution >= 0.6 is 0 Å². The number of hydrogen-bond acceptors (Lipinski definition) is 3. The van der Waals surface area contributed by atoms with Crippen LogP contribution in [0.2, 0.25) is 0 Å². The second-order valence-corrected chi connectivity index (χ2v) is 4.75. The zero-order valence-corrected chi connectivity index (χ0v) is 10.8. The van der Waals surface area contributed by atoms with Gasteiger partial charge in [-0.2, -0.15) is 18.4 Å². The standard InChI is InChI=1S/C12H20F3N3/c1-3-10-8-18(11(4-2)6-17-10)7-9(5-16)12(13,14)15/h9-11,17H,3-4,6-8H2,1-2H3. The maximum atomic E-state index is 12.6. The average molecular weight is 263 g/mol. The van der Waals surface area contributed by atoms with Crippen molar-refractivity contribution in [2.75, 3.05) is 19.6 Å². The van der Waals surface area contributed by atoms with Crippen LogP contribution in [0.3, 0.4) is 0 Å². The number of nitrogens with zero attached hydrogens (tertiary/aromatic N) is 2. The van der Waals surface area contributed by atoms with E-state index in [1.165, 1.54) is 6.07 Å². The topological polar surface area (TPSA) is 39.1 Å². The lowest BCUT2D eigenvalue weighted by atomic mass is 10.0. The molecule has 1 aliphatic rings. The minimum atomic E-state index is -4.43. The highest BCUT2D eigenvalue weighted by atomic mass is 19.4. The molecule has 1 fully saturated rings. The number of nitriles is 1. The quantitative estimate of drug-likeness (QED) is 0.844. The molecule has 1 aliphatic heterocycles. The highest BCUT2D eigenvalue weighted by molar-refractivity contribution is 4.94. The van der Waals surface area contributed by atoms with Gasteiger partial charge >= 0.3 is 6.18 Å². The average Bonchev–Trinajstić information content (AvgIpc) is 2.34. The van der Waals surface area contributed by atoms with Crippen molar-refractivity contribution in [2.24, 2.45) is 5.92 Å². The summed E-state index contributed by atoms with van der Waals surface area (Å²) < 4.78 is 37.9. The monoisotopic (exact) mass is 263 g/mol. The predicted molar refractivity (Wildman–Crippen MR) is 62.9 cm³/mol. The molecule has 3 nitrogen and oxygen atoms in total. The summed E-state index contributed by atoms with van der Waals surface area (Å²) in [5.74, 6) is -1.89. The van der Waals surface area contributed by atoms with E-state index < -0.39 is 12.1 Å². The van der Waals surface area contributed by atoms with E-state index in [-0.39, 0.29) is 18.6 Å². The highest BCUT2D eigenvalue weighted by Crippen LogP contribution is 2.27. The molecular weight excluding hydrogens is 243 g/mol. The fourth-order valence-corrected chi connectivity index (χ4v) is 2.28. The Bertz CT molecular complexity index is 298. The van der Waals surface area contributed by atoms with E-state index in [1.807, 2.05) is 18.7 Å². The van der Waals surface area contributed by atoms with E-state index in [2.05, 4.69) is 5.32 Å². The third kappa shape index (κ3) is 3.85. The van der Waals surface area contributed by atoms with Gasteiger partial charge in [-0.05, 0) is 12.8 Å². The van der Waals surface area contributed by atoms with Gasteiger partial charge in [0, 0.05) is 31.7 Å². The van der Waals surface area contributed by atoms with Crippen LogP contribution in [0.15, 0.2) is 0 Å². The van der Waals surface area contributed by atoms with Crippen LogP contribution in [0.4, 0.5) is 13.2 Å². The van der Waals surface area contributed by atoms with Crippen LogP contribution in [0.25, 0.3) is 0 Å². The molecule has 104 valence electrons. The first-order valence-electron chi connectivity index (χ1n) is 6.36. The molecule has 1 N–H and O–H groups in total. The molecule has 0 radical (unpaired) electrons.